The number of fused-ring (bicyclic) bond motifs is 1. The molecule has 2 aromatic rings. The Morgan fingerprint density at radius 3 is 2.66 bits per heavy atom. The fourth-order valence-corrected chi connectivity index (χ4v) is 3.48. The molecule has 1 N–H and O–H groups in total. The Bertz CT molecular complexity index is 918. The van der Waals surface area contributed by atoms with Crippen LogP contribution in [-0.2, 0) is 16.0 Å². The number of rotatable bonds is 5. The lowest BCUT2D eigenvalue weighted by atomic mass is 9.92. The van der Waals surface area contributed by atoms with Crippen molar-refractivity contribution in [2.75, 3.05) is 23.4 Å². The second-order valence-electron chi connectivity index (χ2n) is 8.88. The fourth-order valence-electron chi connectivity index (χ4n) is 3.48. The van der Waals surface area contributed by atoms with Crippen LogP contribution in [0.15, 0.2) is 42.5 Å². The molecule has 2 amide bonds. The van der Waals surface area contributed by atoms with Crippen LogP contribution in [0.2, 0.25) is 0 Å². The average Bonchev–Trinajstić information content (AvgIpc) is 2.72. The van der Waals surface area contributed by atoms with Gasteiger partial charge in [0.15, 0.2) is 0 Å². The molecule has 5 heteroatoms. The molecule has 0 atom stereocenters. The van der Waals surface area contributed by atoms with E-state index >= 15 is 0 Å². The molecule has 0 saturated carbocycles. The minimum absolute atomic E-state index is 0.0567. The summed E-state index contributed by atoms with van der Waals surface area (Å²) in [6.45, 7) is 10.9. The lowest BCUT2D eigenvalue weighted by molar-refractivity contribution is -0.127. The van der Waals surface area contributed by atoms with E-state index in [9.17, 15) is 9.59 Å². The second kappa shape index (κ2) is 8.27. The van der Waals surface area contributed by atoms with Crippen molar-refractivity contribution in [2.45, 2.75) is 41.0 Å². The zero-order valence-electron chi connectivity index (χ0n) is 17.9. The third-order valence-corrected chi connectivity index (χ3v) is 4.94. The molecule has 0 radical (unpaired) electrons. The number of nitrogens with one attached hydrogen (secondary N) is 1. The zero-order valence-corrected chi connectivity index (χ0v) is 17.9. The van der Waals surface area contributed by atoms with E-state index in [2.05, 4.69) is 19.2 Å². The Hall–Kier alpha value is -2.82. The van der Waals surface area contributed by atoms with Gasteiger partial charge in [0.1, 0.15) is 12.4 Å². The van der Waals surface area contributed by atoms with Gasteiger partial charge in [-0.15, -0.1) is 0 Å². The SMILES string of the molecule is Cc1cccc(CC(=O)Nc2ccc3c(c2)OCC(C)(C)C(=O)N3CC(C)C)c1. The highest BCUT2D eigenvalue weighted by Crippen LogP contribution is 2.38. The summed E-state index contributed by atoms with van der Waals surface area (Å²) >= 11 is 0. The van der Waals surface area contributed by atoms with Gasteiger partial charge in [-0.3, -0.25) is 9.59 Å². The summed E-state index contributed by atoms with van der Waals surface area (Å²) in [6.07, 6.45) is 0.310. The molecule has 29 heavy (non-hydrogen) atoms. The summed E-state index contributed by atoms with van der Waals surface area (Å²) in [5.74, 6) is 0.924. The first-order valence-corrected chi connectivity index (χ1v) is 10.1. The van der Waals surface area contributed by atoms with Crippen LogP contribution < -0.4 is 15.0 Å². The van der Waals surface area contributed by atoms with Crippen LogP contribution in [0.4, 0.5) is 11.4 Å². The number of anilines is 2. The predicted octanol–water partition coefficient (Wildman–Crippen LogP) is 4.58. The molecule has 1 aliphatic rings. The number of carbonyl (C=O) groups excluding carboxylic acids is 2. The maximum Gasteiger partial charge on any atom is 0.236 e. The Kier molecular flexibility index (Phi) is 5.96. The van der Waals surface area contributed by atoms with Crippen molar-refractivity contribution in [3.63, 3.8) is 0 Å². The third kappa shape index (κ3) is 4.97. The first-order chi connectivity index (χ1) is 13.7. The summed E-state index contributed by atoms with van der Waals surface area (Å²) in [6, 6.07) is 13.4. The predicted molar refractivity (Wildman–Crippen MR) is 116 cm³/mol. The Balaban J connectivity index is 1.81. The zero-order chi connectivity index (χ0) is 21.2. The first kappa shape index (κ1) is 20.9. The lowest BCUT2D eigenvalue weighted by Crippen LogP contribution is -2.43. The summed E-state index contributed by atoms with van der Waals surface area (Å²) in [7, 11) is 0. The van der Waals surface area contributed by atoms with Crippen LogP contribution in [0.25, 0.3) is 0 Å². The van der Waals surface area contributed by atoms with E-state index in [0.29, 0.717) is 36.9 Å². The van der Waals surface area contributed by atoms with Crippen LogP contribution in [0.1, 0.15) is 38.8 Å². The largest absolute Gasteiger partial charge is 0.490 e. The molecule has 3 rings (SSSR count). The van der Waals surface area contributed by atoms with Crippen molar-refractivity contribution < 1.29 is 14.3 Å². The Labute approximate surface area is 173 Å². The van der Waals surface area contributed by atoms with Gasteiger partial charge in [0.25, 0.3) is 0 Å². The summed E-state index contributed by atoms with van der Waals surface area (Å²) in [4.78, 5) is 27.3. The molecular weight excluding hydrogens is 364 g/mol. The number of ether oxygens (including phenoxy) is 1. The van der Waals surface area contributed by atoms with Gasteiger partial charge >= 0.3 is 0 Å². The fraction of sp³-hybridized carbons (Fsp3) is 0.417. The van der Waals surface area contributed by atoms with Gasteiger partial charge in [0.2, 0.25) is 11.8 Å². The lowest BCUT2D eigenvalue weighted by Gasteiger charge is -2.29. The molecular formula is C24H30N2O3. The molecule has 0 unspecified atom stereocenters. The number of nitrogens with zero attached hydrogens (tertiary/aromatic N) is 1. The summed E-state index contributed by atoms with van der Waals surface area (Å²) in [5.41, 5.74) is 2.92. The molecule has 0 saturated heterocycles. The Morgan fingerprint density at radius 2 is 1.97 bits per heavy atom. The highest BCUT2D eigenvalue weighted by atomic mass is 16.5. The van der Waals surface area contributed by atoms with Gasteiger partial charge < -0.3 is 15.0 Å². The molecule has 154 valence electrons. The molecule has 2 aromatic carbocycles. The van der Waals surface area contributed by atoms with E-state index in [1.165, 1.54) is 0 Å². The van der Waals surface area contributed by atoms with Crippen LogP contribution in [-0.4, -0.2) is 25.0 Å². The van der Waals surface area contributed by atoms with E-state index in [0.717, 1.165) is 16.8 Å². The van der Waals surface area contributed by atoms with Crippen LogP contribution in [0.3, 0.4) is 0 Å². The molecule has 1 aliphatic heterocycles. The minimum atomic E-state index is -0.609. The monoisotopic (exact) mass is 394 g/mol. The van der Waals surface area contributed by atoms with Crippen LogP contribution >= 0.6 is 0 Å². The number of hydrogen-bond donors (Lipinski definition) is 1. The number of hydrogen-bond acceptors (Lipinski definition) is 3. The van der Waals surface area contributed by atoms with Crippen molar-refractivity contribution in [3.8, 4) is 5.75 Å². The van der Waals surface area contributed by atoms with Gasteiger partial charge in [-0.25, -0.2) is 0 Å². The number of benzene rings is 2. The Morgan fingerprint density at radius 1 is 1.21 bits per heavy atom. The number of aryl methyl sites for hydroxylation is 1. The molecule has 1 heterocycles. The van der Waals surface area contributed by atoms with Gasteiger partial charge in [-0.2, -0.15) is 0 Å². The number of carbonyl (C=O) groups is 2. The van der Waals surface area contributed by atoms with E-state index < -0.39 is 5.41 Å². The van der Waals surface area contributed by atoms with E-state index in [-0.39, 0.29) is 11.8 Å². The summed E-state index contributed by atoms with van der Waals surface area (Å²) in [5, 5.41) is 2.95. The highest BCUT2D eigenvalue weighted by molar-refractivity contribution is 6.00. The van der Waals surface area contributed by atoms with Crippen molar-refractivity contribution in [1.29, 1.82) is 0 Å². The van der Waals surface area contributed by atoms with Crippen molar-refractivity contribution >= 4 is 23.2 Å². The topological polar surface area (TPSA) is 58.6 Å². The third-order valence-electron chi connectivity index (χ3n) is 4.94. The first-order valence-electron chi connectivity index (χ1n) is 10.1. The normalized spacial score (nSPS) is 15.5. The van der Waals surface area contributed by atoms with Crippen molar-refractivity contribution in [3.05, 3.63) is 53.6 Å². The molecule has 0 bridgehead atoms. The highest BCUT2D eigenvalue weighted by Gasteiger charge is 2.38. The van der Waals surface area contributed by atoms with Gasteiger partial charge in [0, 0.05) is 18.3 Å². The van der Waals surface area contributed by atoms with Gasteiger partial charge in [-0.1, -0.05) is 43.7 Å². The maximum absolute atomic E-state index is 13.0. The number of amides is 2. The molecule has 5 nitrogen and oxygen atoms in total. The maximum atomic E-state index is 13.0. The van der Waals surface area contributed by atoms with E-state index in [1.54, 1.807) is 0 Å². The van der Waals surface area contributed by atoms with E-state index in [1.807, 2.05) is 68.1 Å². The average molecular weight is 395 g/mol. The minimum Gasteiger partial charge on any atom is -0.490 e. The van der Waals surface area contributed by atoms with E-state index in [4.69, 9.17) is 4.74 Å². The van der Waals surface area contributed by atoms with Crippen LogP contribution in [0.5, 0.6) is 5.75 Å². The van der Waals surface area contributed by atoms with Crippen molar-refractivity contribution in [2.24, 2.45) is 11.3 Å². The van der Waals surface area contributed by atoms with Crippen molar-refractivity contribution in [1.82, 2.24) is 0 Å². The second-order valence-corrected chi connectivity index (χ2v) is 8.88. The molecule has 0 fully saturated rings. The molecule has 0 aromatic heterocycles. The smallest absolute Gasteiger partial charge is 0.236 e. The molecule has 0 spiro atoms. The standard InChI is InChI=1S/C24H30N2O3/c1-16(2)14-26-20-10-9-19(13-21(20)29-15-24(4,5)23(26)28)25-22(27)12-18-8-6-7-17(3)11-18/h6-11,13,16H,12,14-15H2,1-5H3,(H,25,27). The molecule has 0 aliphatic carbocycles. The van der Waals surface area contributed by atoms with Crippen LogP contribution in [0, 0.1) is 18.3 Å². The quantitative estimate of drug-likeness (QED) is 0.807. The van der Waals surface area contributed by atoms with Gasteiger partial charge in [0.05, 0.1) is 17.5 Å². The van der Waals surface area contributed by atoms with Gasteiger partial charge in [-0.05, 0) is 44.4 Å². The summed E-state index contributed by atoms with van der Waals surface area (Å²) < 4.78 is 5.99.